The van der Waals surface area contributed by atoms with Gasteiger partial charge in [-0.3, -0.25) is 4.79 Å². The van der Waals surface area contributed by atoms with Gasteiger partial charge in [0.05, 0.1) is 12.7 Å². The van der Waals surface area contributed by atoms with Crippen LogP contribution in [0.15, 0.2) is 31.0 Å². The van der Waals surface area contributed by atoms with E-state index in [1.54, 1.807) is 6.20 Å². The van der Waals surface area contributed by atoms with Crippen molar-refractivity contribution in [1.82, 2.24) is 10.3 Å². The summed E-state index contributed by atoms with van der Waals surface area (Å²) in [5.41, 5.74) is 1.03. The molecule has 1 amide bonds. The Bertz CT molecular complexity index is 462. The van der Waals surface area contributed by atoms with Crippen LogP contribution in [0.1, 0.15) is 12.5 Å². The molecule has 5 nitrogen and oxygen atoms in total. The molecule has 1 N–H and O–H groups in total. The van der Waals surface area contributed by atoms with Gasteiger partial charge in [-0.25, -0.2) is 4.98 Å². The molecule has 2 rings (SSSR count). The highest BCUT2D eigenvalue weighted by molar-refractivity contribution is 5.86. The molecule has 1 fully saturated rings. The first-order valence-electron chi connectivity index (χ1n) is 6.41. The van der Waals surface area contributed by atoms with Crippen LogP contribution >= 0.6 is 0 Å². The second-order valence-electron chi connectivity index (χ2n) is 4.57. The monoisotopic (exact) mass is 261 g/mol. The van der Waals surface area contributed by atoms with E-state index in [4.69, 9.17) is 4.74 Å². The normalized spacial score (nSPS) is 19.0. The molecule has 0 aliphatic carbocycles. The van der Waals surface area contributed by atoms with E-state index in [1.807, 2.05) is 12.1 Å². The number of aromatic nitrogens is 1. The fraction of sp³-hybridized carbons (Fsp3) is 0.429. The average Bonchev–Trinajstić information content (AvgIpc) is 2.45. The number of pyridine rings is 1. The number of nitrogens with one attached hydrogen (secondary N) is 1. The van der Waals surface area contributed by atoms with Gasteiger partial charge in [-0.1, -0.05) is 6.58 Å². The van der Waals surface area contributed by atoms with E-state index in [9.17, 15) is 4.79 Å². The lowest BCUT2D eigenvalue weighted by Gasteiger charge is -2.32. The number of amides is 1. The zero-order valence-electron chi connectivity index (χ0n) is 11.1. The molecule has 1 aromatic heterocycles. The quantitative estimate of drug-likeness (QED) is 0.825. The maximum Gasteiger partial charge on any atom is 0.243 e. The van der Waals surface area contributed by atoms with Crippen LogP contribution in [0.4, 0.5) is 5.82 Å². The standard InChI is InChI=1S/C14H19N3O2/c1-3-14(18)16-9-12-4-5-15-13(8-12)17-6-7-19-11(2)10-17/h3-5,8,11H,1,6-7,9-10H2,2H3,(H,16,18). The molecule has 19 heavy (non-hydrogen) atoms. The second-order valence-corrected chi connectivity index (χ2v) is 4.57. The summed E-state index contributed by atoms with van der Waals surface area (Å²) >= 11 is 0. The highest BCUT2D eigenvalue weighted by Gasteiger charge is 2.17. The molecule has 1 aliphatic rings. The average molecular weight is 261 g/mol. The maximum atomic E-state index is 11.1. The predicted molar refractivity (Wildman–Crippen MR) is 73.9 cm³/mol. The molecule has 1 saturated heterocycles. The van der Waals surface area contributed by atoms with Gasteiger partial charge < -0.3 is 15.0 Å². The molecule has 0 spiro atoms. The van der Waals surface area contributed by atoms with Crippen molar-refractivity contribution in [3.05, 3.63) is 36.5 Å². The van der Waals surface area contributed by atoms with Crippen LogP contribution in [0.2, 0.25) is 0 Å². The summed E-state index contributed by atoms with van der Waals surface area (Å²) in [5.74, 6) is 0.763. The predicted octanol–water partition coefficient (Wildman–Crippen LogP) is 1.11. The van der Waals surface area contributed by atoms with Crippen molar-refractivity contribution in [3.8, 4) is 0 Å². The smallest absolute Gasteiger partial charge is 0.243 e. The van der Waals surface area contributed by atoms with Crippen LogP contribution in [-0.4, -0.2) is 36.7 Å². The van der Waals surface area contributed by atoms with Gasteiger partial charge in [0.25, 0.3) is 0 Å². The van der Waals surface area contributed by atoms with Crippen molar-refractivity contribution in [2.75, 3.05) is 24.6 Å². The van der Waals surface area contributed by atoms with Gasteiger partial charge in [-0.2, -0.15) is 0 Å². The van der Waals surface area contributed by atoms with E-state index in [0.717, 1.165) is 31.1 Å². The molecule has 1 aliphatic heterocycles. The molecule has 1 aromatic rings. The summed E-state index contributed by atoms with van der Waals surface area (Å²) in [7, 11) is 0. The molecule has 102 valence electrons. The summed E-state index contributed by atoms with van der Waals surface area (Å²) in [6.07, 6.45) is 3.26. The zero-order valence-corrected chi connectivity index (χ0v) is 11.1. The first-order valence-corrected chi connectivity index (χ1v) is 6.41. The summed E-state index contributed by atoms with van der Waals surface area (Å²) in [4.78, 5) is 17.7. The number of hydrogen-bond acceptors (Lipinski definition) is 4. The summed E-state index contributed by atoms with van der Waals surface area (Å²) in [5, 5.41) is 2.76. The fourth-order valence-electron chi connectivity index (χ4n) is 2.03. The Hall–Kier alpha value is -1.88. The molecule has 0 aromatic carbocycles. The highest BCUT2D eigenvalue weighted by Crippen LogP contribution is 2.16. The van der Waals surface area contributed by atoms with Crippen molar-refractivity contribution >= 4 is 11.7 Å². The Morgan fingerprint density at radius 1 is 1.74 bits per heavy atom. The Labute approximate surface area is 113 Å². The first-order chi connectivity index (χ1) is 9.19. The van der Waals surface area contributed by atoms with Crippen molar-refractivity contribution < 1.29 is 9.53 Å². The van der Waals surface area contributed by atoms with Crippen LogP contribution in [0, 0.1) is 0 Å². The number of ether oxygens (including phenoxy) is 1. The minimum atomic E-state index is -0.168. The van der Waals surface area contributed by atoms with Crippen molar-refractivity contribution in [3.63, 3.8) is 0 Å². The van der Waals surface area contributed by atoms with Gasteiger partial charge in [0.1, 0.15) is 5.82 Å². The third-order valence-electron chi connectivity index (χ3n) is 3.03. The van der Waals surface area contributed by atoms with Gasteiger partial charge in [-0.05, 0) is 30.7 Å². The molecule has 0 radical (unpaired) electrons. The highest BCUT2D eigenvalue weighted by atomic mass is 16.5. The fourth-order valence-corrected chi connectivity index (χ4v) is 2.03. The topological polar surface area (TPSA) is 54.5 Å². The van der Waals surface area contributed by atoms with E-state index in [0.29, 0.717) is 6.54 Å². The van der Waals surface area contributed by atoms with Crippen LogP contribution in [-0.2, 0) is 16.1 Å². The van der Waals surface area contributed by atoms with E-state index in [1.165, 1.54) is 6.08 Å². The van der Waals surface area contributed by atoms with Gasteiger partial charge in [0.15, 0.2) is 0 Å². The van der Waals surface area contributed by atoms with Crippen LogP contribution in [0.3, 0.4) is 0 Å². The van der Waals surface area contributed by atoms with E-state index < -0.39 is 0 Å². The Morgan fingerprint density at radius 3 is 3.32 bits per heavy atom. The second kappa shape index (κ2) is 6.33. The Balaban J connectivity index is 2.01. The van der Waals surface area contributed by atoms with Gasteiger partial charge in [0, 0.05) is 25.8 Å². The third kappa shape index (κ3) is 3.79. The third-order valence-corrected chi connectivity index (χ3v) is 3.03. The van der Waals surface area contributed by atoms with Gasteiger partial charge >= 0.3 is 0 Å². The molecule has 1 unspecified atom stereocenters. The van der Waals surface area contributed by atoms with E-state index in [2.05, 4.69) is 28.7 Å². The summed E-state index contributed by atoms with van der Waals surface area (Å²) < 4.78 is 5.52. The maximum absolute atomic E-state index is 11.1. The number of carbonyl (C=O) groups is 1. The van der Waals surface area contributed by atoms with Crippen molar-refractivity contribution in [2.45, 2.75) is 19.6 Å². The molecular weight excluding hydrogens is 242 g/mol. The number of anilines is 1. The van der Waals surface area contributed by atoms with Crippen LogP contribution < -0.4 is 10.2 Å². The first kappa shape index (κ1) is 13.5. The van der Waals surface area contributed by atoms with Gasteiger partial charge in [0.2, 0.25) is 5.91 Å². The Morgan fingerprint density at radius 2 is 2.58 bits per heavy atom. The largest absolute Gasteiger partial charge is 0.375 e. The molecule has 0 bridgehead atoms. The summed E-state index contributed by atoms with van der Waals surface area (Å²) in [6.45, 7) is 8.38. The molecular formula is C14H19N3O2. The van der Waals surface area contributed by atoms with Crippen LogP contribution in [0.25, 0.3) is 0 Å². The zero-order chi connectivity index (χ0) is 13.7. The number of hydrogen-bond donors (Lipinski definition) is 1. The molecule has 2 heterocycles. The lowest BCUT2D eigenvalue weighted by Crippen LogP contribution is -2.41. The summed E-state index contributed by atoms with van der Waals surface area (Å²) in [6, 6.07) is 3.90. The molecule has 0 saturated carbocycles. The number of rotatable bonds is 4. The number of nitrogens with zero attached hydrogens (tertiary/aromatic N) is 2. The minimum absolute atomic E-state index is 0.168. The van der Waals surface area contributed by atoms with Gasteiger partial charge in [-0.15, -0.1) is 0 Å². The molecule has 5 heteroatoms. The van der Waals surface area contributed by atoms with Crippen LogP contribution in [0.5, 0.6) is 0 Å². The van der Waals surface area contributed by atoms with E-state index in [-0.39, 0.29) is 12.0 Å². The number of carbonyl (C=O) groups excluding carboxylic acids is 1. The van der Waals surface area contributed by atoms with Crippen molar-refractivity contribution in [1.29, 1.82) is 0 Å². The van der Waals surface area contributed by atoms with Crippen molar-refractivity contribution in [2.24, 2.45) is 0 Å². The number of morpholine rings is 1. The lowest BCUT2D eigenvalue weighted by atomic mass is 10.2. The lowest BCUT2D eigenvalue weighted by molar-refractivity contribution is -0.116. The Kier molecular flexibility index (Phi) is 4.52. The molecule has 1 atom stereocenters. The van der Waals surface area contributed by atoms with E-state index >= 15 is 0 Å². The minimum Gasteiger partial charge on any atom is -0.375 e. The SMILES string of the molecule is C=CC(=O)NCc1ccnc(N2CCOC(C)C2)c1.